The Labute approximate surface area is 304 Å². The van der Waals surface area contributed by atoms with Crippen molar-refractivity contribution >= 4 is 81.7 Å². The van der Waals surface area contributed by atoms with Crippen LogP contribution in [-0.2, 0) is 0 Å². The van der Waals surface area contributed by atoms with Gasteiger partial charge < -0.3 is 4.57 Å². The molecule has 11 rings (SSSR count). The summed E-state index contributed by atoms with van der Waals surface area (Å²) in [4.78, 5) is 14.5. The number of aromatic nitrogens is 3. The largest absolute Gasteiger partial charge is 0.309 e. The average molecular weight is 673 g/mol. The highest BCUT2D eigenvalue weighted by molar-refractivity contribution is 6.25. The van der Waals surface area contributed by atoms with Gasteiger partial charge in [0.25, 0.3) is 0 Å². The first-order valence-corrected chi connectivity index (χ1v) is 17.8. The van der Waals surface area contributed by atoms with Crippen LogP contribution in [0.1, 0.15) is 0 Å². The number of fused-ring (bicyclic) bond motifs is 9. The molecule has 0 N–H and O–H groups in total. The third-order valence-electron chi connectivity index (χ3n) is 10.7. The van der Waals surface area contributed by atoms with Crippen LogP contribution in [0.25, 0.3) is 109 Å². The maximum absolute atomic E-state index is 7.79. The topological polar surface area (TPSA) is 35.1 Å². The number of nitrogens with zero attached hydrogens (tertiary/aromatic N) is 4. The molecule has 0 saturated heterocycles. The summed E-state index contributed by atoms with van der Waals surface area (Å²) in [5.74, 6) is 0. The summed E-state index contributed by atoms with van der Waals surface area (Å²) in [7, 11) is 0. The van der Waals surface area contributed by atoms with Crippen LogP contribution < -0.4 is 0 Å². The molecule has 0 radical (unpaired) electrons. The second kappa shape index (κ2) is 11.3. The molecule has 0 fully saturated rings. The number of hydrogen-bond donors (Lipinski definition) is 0. The van der Waals surface area contributed by atoms with Gasteiger partial charge in [-0.05, 0) is 92.7 Å². The number of rotatable bonds is 3. The second-order valence-electron chi connectivity index (χ2n) is 13.6. The lowest BCUT2D eigenvalue weighted by Crippen LogP contribution is -1.96. The van der Waals surface area contributed by atoms with Gasteiger partial charge in [-0.25, -0.2) is 14.8 Å². The van der Waals surface area contributed by atoms with Gasteiger partial charge in [-0.1, -0.05) is 115 Å². The number of hydrogen-bond acceptors (Lipinski definition) is 2. The quantitative estimate of drug-likeness (QED) is 0.106. The van der Waals surface area contributed by atoms with Gasteiger partial charge in [0, 0.05) is 32.8 Å². The lowest BCUT2D eigenvalue weighted by atomic mass is 9.86. The summed E-state index contributed by atoms with van der Waals surface area (Å²) < 4.78 is 2.30. The van der Waals surface area contributed by atoms with E-state index in [9.17, 15) is 0 Å². The van der Waals surface area contributed by atoms with E-state index in [1.165, 1.54) is 5.56 Å². The van der Waals surface area contributed by atoms with E-state index in [0.717, 1.165) is 98.6 Å². The van der Waals surface area contributed by atoms with Gasteiger partial charge in [-0.15, -0.1) is 0 Å². The van der Waals surface area contributed by atoms with Crippen molar-refractivity contribution in [1.82, 2.24) is 14.5 Å². The van der Waals surface area contributed by atoms with Crippen molar-refractivity contribution in [2.24, 2.45) is 0 Å². The Balaban J connectivity index is 1.25. The van der Waals surface area contributed by atoms with Crippen LogP contribution in [0.15, 0.2) is 170 Å². The molecule has 0 bridgehead atoms. The first-order chi connectivity index (χ1) is 26.2. The van der Waals surface area contributed by atoms with Crippen molar-refractivity contribution in [3.63, 3.8) is 0 Å². The van der Waals surface area contributed by atoms with Crippen molar-refractivity contribution in [2.75, 3.05) is 0 Å². The smallest absolute Gasteiger partial charge is 0.188 e. The van der Waals surface area contributed by atoms with Gasteiger partial charge in [0.2, 0.25) is 0 Å². The first-order valence-electron chi connectivity index (χ1n) is 17.8. The zero-order chi connectivity index (χ0) is 35.0. The molecule has 8 aromatic carbocycles. The van der Waals surface area contributed by atoms with E-state index in [1.54, 1.807) is 0 Å². The second-order valence-corrected chi connectivity index (χ2v) is 13.6. The molecule has 4 nitrogen and oxygen atoms in total. The molecule has 0 spiro atoms. The molecule has 0 atom stereocenters. The zero-order valence-electron chi connectivity index (χ0n) is 28.5. The third-order valence-corrected chi connectivity index (χ3v) is 10.7. The summed E-state index contributed by atoms with van der Waals surface area (Å²) in [6.45, 7) is 7.79. The van der Waals surface area contributed by atoms with Crippen LogP contribution >= 0.6 is 0 Å². The van der Waals surface area contributed by atoms with Gasteiger partial charge in [-0.3, -0.25) is 0 Å². The van der Waals surface area contributed by atoms with Gasteiger partial charge in [-0.2, -0.15) is 0 Å². The molecule has 0 amide bonds. The minimum absolute atomic E-state index is 0.632. The summed E-state index contributed by atoms with van der Waals surface area (Å²) in [6, 6.07) is 59.7. The fraction of sp³-hybridized carbons (Fsp3) is 0. The van der Waals surface area contributed by atoms with E-state index in [0.29, 0.717) is 5.69 Å². The Hall–Kier alpha value is -7.35. The van der Waals surface area contributed by atoms with Crippen molar-refractivity contribution in [2.45, 2.75) is 0 Å². The van der Waals surface area contributed by atoms with Crippen molar-refractivity contribution in [3.05, 3.63) is 181 Å². The van der Waals surface area contributed by atoms with Gasteiger partial charge in [0.05, 0.1) is 39.8 Å². The fourth-order valence-electron chi connectivity index (χ4n) is 8.43. The van der Waals surface area contributed by atoms with E-state index < -0.39 is 0 Å². The Kier molecular flexibility index (Phi) is 6.28. The van der Waals surface area contributed by atoms with E-state index in [-0.39, 0.29) is 0 Å². The summed E-state index contributed by atoms with van der Waals surface area (Å²) >= 11 is 0. The predicted octanol–water partition coefficient (Wildman–Crippen LogP) is 13.2. The highest BCUT2D eigenvalue weighted by atomic mass is 15.0. The summed E-state index contributed by atoms with van der Waals surface area (Å²) in [5, 5.41) is 9.95. The molecule has 0 aliphatic rings. The molecular weight excluding hydrogens is 645 g/mol. The van der Waals surface area contributed by atoms with E-state index in [1.807, 2.05) is 24.3 Å². The average Bonchev–Trinajstić information content (AvgIpc) is 3.55. The molecule has 0 aliphatic heterocycles. The van der Waals surface area contributed by atoms with E-state index >= 15 is 0 Å². The normalized spacial score (nSPS) is 11.8. The maximum Gasteiger partial charge on any atom is 0.188 e. The lowest BCUT2D eigenvalue weighted by molar-refractivity contribution is 1.18. The molecular formula is C49H28N4. The number of benzene rings is 8. The first kappa shape index (κ1) is 29.4. The Morgan fingerprint density at radius 2 is 1.02 bits per heavy atom. The number of para-hydroxylation sites is 3. The summed E-state index contributed by atoms with van der Waals surface area (Å²) in [5.41, 5.74) is 11.1. The Morgan fingerprint density at radius 3 is 1.74 bits per heavy atom. The predicted molar refractivity (Wildman–Crippen MR) is 221 cm³/mol. The highest BCUT2D eigenvalue weighted by Gasteiger charge is 2.22. The molecule has 4 heteroatoms. The molecule has 0 unspecified atom stereocenters. The van der Waals surface area contributed by atoms with Crippen LogP contribution in [0.3, 0.4) is 0 Å². The van der Waals surface area contributed by atoms with Crippen LogP contribution in [0.2, 0.25) is 0 Å². The fourth-order valence-corrected chi connectivity index (χ4v) is 8.43. The molecule has 244 valence electrons. The molecule has 3 aromatic heterocycles. The monoisotopic (exact) mass is 672 g/mol. The third kappa shape index (κ3) is 4.35. The van der Waals surface area contributed by atoms with E-state index in [4.69, 9.17) is 16.5 Å². The highest BCUT2D eigenvalue weighted by Crippen LogP contribution is 2.47. The summed E-state index contributed by atoms with van der Waals surface area (Å²) in [6.07, 6.45) is 0. The van der Waals surface area contributed by atoms with Gasteiger partial charge >= 0.3 is 0 Å². The van der Waals surface area contributed by atoms with Crippen LogP contribution in [0.4, 0.5) is 5.69 Å². The van der Waals surface area contributed by atoms with Gasteiger partial charge in [0.1, 0.15) is 0 Å². The van der Waals surface area contributed by atoms with Crippen molar-refractivity contribution in [1.29, 1.82) is 0 Å². The minimum Gasteiger partial charge on any atom is -0.309 e. The Morgan fingerprint density at radius 1 is 0.434 bits per heavy atom. The minimum atomic E-state index is 0.632. The molecule has 0 saturated carbocycles. The van der Waals surface area contributed by atoms with E-state index in [2.05, 4.69) is 155 Å². The molecule has 53 heavy (non-hydrogen) atoms. The van der Waals surface area contributed by atoms with Crippen molar-refractivity contribution < 1.29 is 0 Å². The SMILES string of the molecule is [C-]#[N+]c1ccc2c(c1)c1cc(-c3c4ccccc4c(-c4nc5ccccc5c5nc6ccccc6cc45)c4ccccc34)ccc1n2-c1ccccc1. The molecule has 0 aliphatic carbocycles. The van der Waals surface area contributed by atoms with Crippen LogP contribution in [-0.4, -0.2) is 14.5 Å². The van der Waals surface area contributed by atoms with Crippen LogP contribution in [0.5, 0.6) is 0 Å². The lowest BCUT2D eigenvalue weighted by Gasteiger charge is -2.19. The Bertz CT molecular complexity index is 3290. The maximum atomic E-state index is 7.79. The molecule has 11 aromatic rings. The zero-order valence-corrected chi connectivity index (χ0v) is 28.5. The standard InChI is InChI=1S/C49H28N4/c1-50-32-24-26-45-40(29-32)39-28-31(23-25-44(39)53(45)33-14-3-2-4-15-33)46-34-16-6-8-18-36(34)47(37-19-9-7-17-35(37)46)49-41-27-30-13-5-11-21-42(30)51-48(41)38-20-10-12-22-43(38)52-49/h2-29H. The molecule has 3 heterocycles. The van der Waals surface area contributed by atoms with Crippen molar-refractivity contribution in [3.8, 4) is 28.1 Å². The number of pyridine rings is 2. The van der Waals surface area contributed by atoms with Crippen LogP contribution in [0, 0.1) is 6.57 Å². The van der Waals surface area contributed by atoms with Gasteiger partial charge in [0.15, 0.2) is 5.69 Å².